The number of rotatable bonds is 6. The van der Waals surface area contributed by atoms with Gasteiger partial charge < -0.3 is 10.1 Å². The Hall–Kier alpha value is -0.120. The molecule has 0 aromatic rings. The SMILES string of the molecule is CCC1CCC(NCCCN2CCOCC2)CC1. The summed E-state index contributed by atoms with van der Waals surface area (Å²) in [5.41, 5.74) is 0. The topological polar surface area (TPSA) is 24.5 Å². The number of nitrogens with zero attached hydrogens (tertiary/aromatic N) is 1. The summed E-state index contributed by atoms with van der Waals surface area (Å²) in [5, 5.41) is 3.75. The van der Waals surface area contributed by atoms with Crippen LogP contribution in [0.15, 0.2) is 0 Å². The highest BCUT2D eigenvalue weighted by Crippen LogP contribution is 2.26. The number of nitrogens with one attached hydrogen (secondary N) is 1. The van der Waals surface area contributed by atoms with E-state index in [-0.39, 0.29) is 0 Å². The van der Waals surface area contributed by atoms with E-state index in [1.165, 1.54) is 51.6 Å². The lowest BCUT2D eigenvalue weighted by molar-refractivity contribution is 0.0373. The molecule has 3 nitrogen and oxygen atoms in total. The predicted molar refractivity (Wildman–Crippen MR) is 75.9 cm³/mol. The molecule has 0 aromatic heterocycles. The number of hydrogen-bond donors (Lipinski definition) is 1. The van der Waals surface area contributed by atoms with E-state index in [0.717, 1.165) is 38.3 Å². The van der Waals surface area contributed by atoms with Crippen LogP contribution in [0.4, 0.5) is 0 Å². The first kappa shape index (κ1) is 14.3. The maximum Gasteiger partial charge on any atom is 0.0594 e. The van der Waals surface area contributed by atoms with Crippen molar-refractivity contribution in [2.75, 3.05) is 39.4 Å². The van der Waals surface area contributed by atoms with Crippen LogP contribution in [-0.2, 0) is 4.74 Å². The molecule has 0 atom stereocenters. The fourth-order valence-electron chi connectivity index (χ4n) is 3.21. The highest BCUT2D eigenvalue weighted by atomic mass is 16.5. The summed E-state index contributed by atoms with van der Waals surface area (Å²) in [6.45, 7) is 8.87. The first-order chi connectivity index (χ1) is 8.88. The monoisotopic (exact) mass is 254 g/mol. The molecule has 1 heterocycles. The van der Waals surface area contributed by atoms with E-state index < -0.39 is 0 Å². The fraction of sp³-hybridized carbons (Fsp3) is 1.00. The van der Waals surface area contributed by atoms with Crippen LogP contribution in [-0.4, -0.2) is 50.3 Å². The molecule has 1 aliphatic carbocycles. The van der Waals surface area contributed by atoms with Crippen molar-refractivity contribution in [2.24, 2.45) is 5.92 Å². The van der Waals surface area contributed by atoms with E-state index in [0.29, 0.717) is 0 Å². The van der Waals surface area contributed by atoms with Crippen molar-refractivity contribution >= 4 is 0 Å². The van der Waals surface area contributed by atoms with Crippen LogP contribution in [0.5, 0.6) is 0 Å². The van der Waals surface area contributed by atoms with Gasteiger partial charge in [0.05, 0.1) is 13.2 Å². The molecule has 1 N–H and O–H groups in total. The Bertz CT molecular complexity index is 209. The molecule has 1 saturated heterocycles. The molecular weight excluding hydrogens is 224 g/mol. The average molecular weight is 254 g/mol. The molecule has 1 aliphatic heterocycles. The Labute approximate surface area is 112 Å². The van der Waals surface area contributed by atoms with E-state index in [1.807, 2.05) is 0 Å². The minimum atomic E-state index is 0.803. The lowest BCUT2D eigenvalue weighted by Gasteiger charge is -2.29. The maximum absolute atomic E-state index is 5.36. The van der Waals surface area contributed by atoms with Crippen LogP contribution in [0.1, 0.15) is 45.4 Å². The number of morpholine rings is 1. The van der Waals surface area contributed by atoms with Gasteiger partial charge in [-0.2, -0.15) is 0 Å². The molecule has 2 aliphatic rings. The van der Waals surface area contributed by atoms with Gasteiger partial charge in [-0.25, -0.2) is 0 Å². The van der Waals surface area contributed by atoms with Gasteiger partial charge in [-0.15, -0.1) is 0 Å². The first-order valence-corrected chi connectivity index (χ1v) is 7.92. The van der Waals surface area contributed by atoms with Gasteiger partial charge in [0.1, 0.15) is 0 Å². The molecule has 2 fully saturated rings. The highest BCUT2D eigenvalue weighted by Gasteiger charge is 2.19. The van der Waals surface area contributed by atoms with Crippen molar-refractivity contribution in [3.63, 3.8) is 0 Å². The molecule has 18 heavy (non-hydrogen) atoms. The summed E-state index contributed by atoms with van der Waals surface area (Å²) < 4.78 is 5.36. The summed E-state index contributed by atoms with van der Waals surface area (Å²) in [7, 11) is 0. The lowest BCUT2D eigenvalue weighted by Crippen LogP contribution is -2.39. The molecule has 0 bridgehead atoms. The standard InChI is InChI=1S/C15H30N2O/c1-2-14-4-6-15(7-5-14)16-8-3-9-17-10-12-18-13-11-17/h14-16H,2-13H2,1H3. The average Bonchev–Trinajstić information content (AvgIpc) is 2.45. The van der Waals surface area contributed by atoms with Crippen molar-refractivity contribution in [3.05, 3.63) is 0 Å². The maximum atomic E-state index is 5.36. The second-order valence-electron chi connectivity index (χ2n) is 5.89. The second-order valence-corrected chi connectivity index (χ2v) is 5.89. The van der Waals surface area contributed by atoms with E-state index in [4.69, 9.17) is 4.74 Å². The molecule has 2 rings (SSSR count). The lowest BCUT2D eigenvalue weighted by atomic mass is 9.84. The third kappa shape index (κ3) is 4.87. The third-order valence-corrected chi connectivity index (χ3v) is 4.61. The fourth-order valence-corrected chi connectivity index (χ4v) is 3.21. The van der Waals surface area contributed by atoms with Crippen molar-refractivity contribution in [1.29, 1.82) is 0 Å². The minimum absolute atomic E-state index is 0.803. The Morgan fingerprint density at radius 1 is 1.11 bits per heavy atom. The van der Waals surface area contributed by atoms with Crippen molar-refractivity contribution in [3.8, 4) is 0 Å². The summed E-state index contributed by atoms with van der Waals surface area (Å²) in [6.07, 6.45) is 8.35. The van der Waals surface area contributed by atoms with E-state index in [2.05, 4.69) is 17.1 Å². The van der Waals surface area contributed by atoms with E-state index >= 15 is 0 Å². The van der Waals surface area contributed by atoms with Gasteiger partial charge in [0, 0.05) is 19.1 Å². The molecule has 0 aromatic carbocycles. The summed E-state index contributed by atoms with van der Waals surface area (Å²) in [5.74, 6) is 1.01. The normalized spacial score (nSPS) is 30.5. The van der Waals surface area contributed by atoms with Gasteiger partial charge in [-0.05, 0) is 51.1 Å². The molecule has 106 valence electrons. The molecule has 0 radical (unpaired) electrons. The van der Waals surface area contributed by atoms with Gasteiger partial charge >= 0.3 is 0 Å². The summed E-state index contributed by atoms with van der Waals surface area (Å²) in [4.78, 5) is 2.53. The molecule has 1 saturated carbocycles. The highest BCUT2D eigenvalue weighted by molar-refractivity contribution is 4.76. The Kier molecular flexibility index (Phi) is 6.46. The van der Waals surface area contributed by atoms with E-state index in [9.17, 15) is 0 Å². The van der Waals surface area contributed by atoms with Crippen molar-refractivity contribution in [2.45, 2.75) is 51.5 Å². The van der Waals surface area contributed by atoms with E-state index in [1.54, 1.807) is 0 Å². The first-order valence-electron chi connectivity index (χ1n) is 7.92. The quantitative estimate of drug-likeness (QED) is 0.736. The minimum Gasteiger partial charge on any atom is -0.379 e. The smallest absolute Gasteiger partial charge is 0.0594 e. The van der Waals surface area contributed by atoms with Crippen LogP contribution in [0.25, 0.3) is 0 Å². The van der Waals surface area contributed by atoms with Gasteiger partial charge in [0.2, 0.25) is 0 Å². The van der Waals surface area contributed by atoms with Crippen LogP contribution in [0.3, 0.4) is 0 Å². The Morgan fingerprint density at radius 2 is 1.83 bits per heavy atom. The zero-order valence-electron chi connectivity index (χ0n) is 12.0. The van der Waals surface area contributed by atoms with Gasteiger partial charge in [-0.1, -0.05) is 13.3 Å². The Morgan fingerprint density at radius 3 is 2.50 bits per heavy atom. The molecule has 0 spiro atoms. The second kappa shape index (κ2) is 8.13. The number of hydrogen-bond acceptors (Lipinski definition) is 3. The Balaban J connectivity index is 1.48. The van der Waals surface area contributed by atoms with Gasteiger partial charge in [-0.3, -0.25) is 4.90 Å². The van der Waals surface area contributed by atoms with Crippen molar-refractivity contribution in [1.82, 2.24) is 10.2 Å². The van der Waals surface area contributed by atoms with Crippen LogP contribution in [0, 0.1) is 5.92 Å². The largest absolute Gasteiger partial charge is 0.379 e. The zero-order chi connectivity index (χ0) is 12.6. The summed E-state index contributed by atoms with van der Waals surface area (Å²) in [6, 6.07) is 0.803. The van der Waals surface area contributed by atoms with Crippen LogP contribution < -0.4 is 5.32 Å². The number of ether oxygens (including phenoxy) is 1. The third-order valence-electron chi connectivity index (χ3n) is 4.61. The van der Waals surface area contributed by atoms with Gasteiger partial charge in [0.25, 0.3) is 0 Å². The predicted octanol–water partition coefficient (Wildman–Crippen LogP) is 2.27. The van der Waals surface area contributed by atoms with Gasteiger partial charge in [0.15, 0.2) is 0 Å². The van der Waals surface area contributed by atoms with Crippen molar-refractivity contribution < 1.29 is 4.74 Å². The van der Waals surface area contributed by atoms with Crippen LogP contribution in [0.2, 0.25) is 0 Å². The zero-order valence-corrected chi connectivity index (χ0v) is 12.0. The molecule has 0 unspecified atom stereocenters. The molecular formula is C15H30N2O. The van der Waals surface area contributed by atoms with Crippen LogP contribution >= 0.6 is 0 Å². The summed E-state index contributed by atoms with van der Waals surface area (Å²) >= 11 is 0. The molecule has 0 amide bonds. The molecule has 3 heteroatoms.